The van der Waals surface area contributed by atoms with Gasteiger partial charge in [0.05, 0.1) is 64.8 Å². The van der Waals surface area contributed by atoms with E-state index in [-0.39, 0.29) is 159 Å². The van der Waals surface area contributed by atoms with Crippen molar-refractivity contribution < 1.29 is 66.8 Å². The fourth-order valence-electron chi connectivity index (χ4n) is 4.89. The van der Waals surface area contributed by atoms with E-state index in [4.69, 9.17) is 23.7 Å². The molecule has 324 valence electrons. The van der Waals surface area contributed by atoms with Crippen LogP contribution in [0.4, 0.5) is 0 Å². The molecule has 58 heavy (non-hydrogen) atoms. The minimum atomic E-state index is -0.929. The van der Waals surface area contributed by atoms with Gasteiger partial charge in [-0.15, -0.1) is 0 Å². The van der Waals surface area contributed by atoms with Gasteiger partial charge in [-0.25, -0.2) is 0 Å². The molecule has 1 aromatic carbocycles. The fraction of sp³-hybridized carbons (Fsp3) is 0.634. The molecule has 0 radical (unpaired) electrons. The second kappa shape index (κ2) is 31.3. The first kappa shape index (κ1) is 51.3. The van der Waals surface area contributed by atoms with Gasteiger partial charge in [-0.1, -0.05) is 37.3 Å². The number of hydrogen-bond donors (Lipinski definition) is 3. The van der Waals surface area contributed by atoms with Gasteiger partial charge >= 0.3 is 5.97 Å². The van der Waals surface area contributed by atoms with Crippen molar-refractivity contribution in [3.63, 3.8) is 0 Å². The number of esters is 1. The number of Topliss-reactive ketones (excluding diaryl/α,β-unsaturated/α-hetero) is 5. The highest BCUT2D eigenvalue weighted by molar-refractivity contribution is 5.89. The molecule has 17 nitrogen and oxygen atoms in total. The summed E-state index contributed by atoms with van der Waals surface area (Å²) in [6.45, 7) is 4.70. The molecule has 0 aliphatic carbocycles. The molecule has 0 fully saturated rings. The molecule has 17 heteroatoms. The van der Waals surface area contributed by atoms with E-state index >= 15 is 0 Å². The minimum absolute atomic E-state index is 0.000186. The second-order valence-corrected chi connectivity index (χ2v) is 14.0. The standard InChI is InChI=1S/C41H61N3O14/c1-4-19-54-27-41(28-55-20-16-34(47)12-14-37(50)42-23-32(3)46,30-57-22-18-39(52)43-24-36(49)11-10-31(2)45)29-56-21-17-35(48)13-15-38(51)44-25-40(53)58-26-33-8-6-5-7-9-33/h5-9H,4,10-30H2,1-3H3,(H,42,50)(H,43,52)(H,44,51). The quantitative estimate of drug-likeness (QED) is 0.0649. The Morgan fingerprint density at radius 3 is 1.48 bits per heavy atom. The van der Waals surface area contributed by atoms with Crippen molar-refractivity contribution in [3.8, 4) is 0 Å². The van der Waals surface area contributed by atoms with E-state index in [1.54, 1.807) is 12.1 Å². The molecule has 0 saturated carbocycles. The van der Waals surface area contributed by atoms with Gasteiger partial charge in [0.1, 0.15) is 36.3 Å². The van der Waals surface area contributed by atoms with Gasteiger partial charge in [0.15, 0.2) is 5.78 Å². The maximum atomic E-state index is 12.6. The first-order valence-corrected chi connectivity index (χ1v) is 19.6. The highest BCUT2D eigenvalue weighted by Crippen LogP contribution is 2.22. The summed E-state index contributed by atoms with van der Waals surface area (Å²) in [5, 5.41) is 7.41. The number of carbonyl (C=O) groups is 9. The number of benzene rings is 1. The zero-order chi connectivity index (χ0) is 43.0. The maximum Gasteiger partial charge on any atom is 0.325 e. The SMILES string of the molecule is CCCOCC(COCCC(=O)CCC(=O)NCC(C)=O)(COCCC(=O)CCC(=O)NCC(=O)OCc1ccccc1)COCCC(=O)NCC(=O)CCC(C)=O. The van der Waals surface area contributed by atoms with E-state index in [1.807, 2.05) is 25.1 Å². The van der Waals surface area contributed by atoms with Crippen molar-refractivity contribution in [2.45, 2.75) is 91.6 Å². The zero-order valence-corrected chi connectivity index (χ0v) is 34.2. The Balaban J connectivity index is 2.69. The number of ether oxygens (including phenoxy) is 5. The molecule has 0 aliphatic rings. The molecule has 1 unspecified atom stereocenters. The molecule has 3 N–H and O–H groups in total. The van der Waals surface area contributed by atoms with E-state index in [9.17, 15) is 43.2 Å². The van der Waals surface area contributed by atoms with Gasteiger partial charge in [0.2, 0.25) is 17.7 Å². The maximum absolute atomic E-state index is 12.6. The van der Waals surface area contributed by atoms with Crippen LogP contribution < -0.4 is 16.0 Å². The molecule has 0 spiro atoms. The van der Waals surface area contributed by atoms with E-state index in [0.717, 1.165) is 12.0 Å². The summed E-state index contributed by atoms with van der Waals surface area (Å²) in [7, 11) is 0. The van der Waals surface area contributed by atoms with Crippen LogP contribution in [0.25, 0.3) is 0 Å². The summed E-state index contributed by atoms with van der Waals surface area (Å²) in [6.07, 6.45) is 0.568. The lowest BCUT2D eigenvalue weighted by Crippen LogP contribution is -2.42. The van der Waals surface area contributed by atoms with Crippen molar-refractivity contribution in [1.82, 2.24) is 16.0 Å². The van der Waals surface area contributed by atoms with Gasteiger partial charge in [-0.2, -0.15) is 0 Å². The van der Waals surface area contributed by atoms with Gasteiger partial charge in [0, 0.05) is 64.4 Å². The molecule has 0 bridgehead atoms. The summed E-state index contributed by atoms with van der Waals surface area (Å²) in [6, 6.07) is 9.09. The molecule has 1 atom stereocenters. The lowest BCUT2D eigenvalue weighted by atomic mass is 9.92. The Morgan fingerprint density at radius 2 is 0.966 bits per heavy atom. The first-order chi connectivity index (χ1) is 27.7. The second-order valence-electron chi connectivity index (χ2n) is 14.0. The van der Waals surface area contributed by atoms with Crippen molar-refractivity contribution in [1.29, 1.82) is 0 Å². The highest BCUT2D eigenvalue weighted by Gasteiger charge is 2.33. The van der Waals surface area contributed by atoms with Crippen molar-refractivity contribution >= 4 is 52.6 Å². The number of rotatable bonds is 36. The Hall–Kier alpha value is -4.71. The van der Waals surface area contributed by atoms with Crippen LogP contribution in [0.1, 0.15) is 90.5 Å². The normalized spacial score (nSPS) is 11.8. The van der Waals surface area contributed by atoms with Crippen LogP contribution in [0.15, 0.2) is 30.3 Å². The van der Waals surface area contributed by atoms with Crippen LogP contribution in [0.3, 0.4) is 0 Å². The van der Waals surface area contributed by atoms with Crippen LogP contribution in [-0.4, -0.2) is 125 Å². The number of hydrogen-bond acceptors (Lipinski definition) is 14. The van der Waals surface area contributed by atoms with Gasteiger partial charge in [-0.05, 0) is 25.8 Å². The van der Waals surface area contributed by atoms with Crippen molar-refractivity contribution in [2.24, 2.45) is 5.41 Å². The largest absolute Gasteiger partial charge is 0.460 e. The number of ketones is 5. The smallest absolute Gasteiger partial charge is 0.325 e. The molecule has 0 aliphatic heterocycles. The van der Waals surface area contributed by atoms with Crippen LogP contribution in [-0.2, 0) is 73.4 Å². The molecule has 3 amide bonds. The van der Waals surface area contributed by atoms with Gasteiger partial charge in [-0.3, -0.25) is 38.4 Å². The van der Waals surface area contributed by atoms with Crippen molar-refractivity contribution in [2.75, 3.05) is 72.5 Å². The predicted octanol–water partition coefficient (Wildman–Crippen LogP) is 1.94. The van der Waals surface area contributed by atoms with Crippen LogP contribution in [0.2, 0.25) is 0 Å². The molecule has 0 saturated heterocycles. The summed E-state index contributed by atoms with van der Waals surface area (Å²) >= 11 is 0. The third-order valence-corrected chi connectivity index (χ3v) is 8.21. The van der Waals surface area contributed by atoms with Gasteiger partial charge < -0.3 is 44.4 Å². The molecule has 1 rings (SSSR count). The topological polar surface area (TPSA) is 236 Å². The molecular weight excluding hydrogens is 758 g/mol. The average Bonchev–Trinajstić information content (AvgIpc) is 3.20. The summed E-state index contributed by atoms with van der Waals surface area (Å²) in [4.78, 5) is 107. The Kier molecular flexibility index (Phi) is 27.7. The Morgan fingerprint density at radius 1 is 0.500 bits per heavy atom. The Labute approximate surface area is 340 Å². The predicted molar refractivity (Wildman–Crippen MR) is 209 cm³/mol. The lowest BCUT2D eigenvalue weighted by molar-refractivity contribution is -0.145. The lowest BCUT2D eigenvalue weighted by Gasteiger charge is -2.33. The fourth-order valence-corrected chi connectivity index (χ4v) is 4.89. The minimum Gasteiger partial charge on any atom is -0.460 e. The van der Waals surface area contributed by atoms with Crippen molar-refractivity contribution in [3.05, 3.63) is 35.9 Å². The third-order valence-electron chi connectivity index (χ3n) is 8.21. The molecule has 1 aromatic rings. The third kappa shape index (κ3) is 27.8. The summed E-state index contributed by atoms with van der Waals surface area (Å²) < 4.78 is 28.7. The Bertz CT molecular complexity index is 1410. The molecule has 0 aromatic heterocycles. The zero-order valence-electron chi connectivity index (χ0n) is 34.2. The summed E-state index contributed by atoms with van der Waals surface area (Å²) in [5.74, 6) is -2.93. The average molecular weight is 820 g/mol. The first-order valence-electron chi connectivity index (χ1n) is 19.6. The molecular formula is C41H61N3O14. The van der Waals surface area contributed by atoms with Gasteiger partial charge in [0.25, 0.3) is 0 Å². The van der Waals surface area contributed by atoms with Crippen LogP contribution in [0, 0.1) is 5.41 Å². The number of nitrogens with one attached hydrogen (secondary N) is 3. The van der Waals surface area contributed by atoms with Crippen LogP contribution >= 0.6 is 0 Å². The van der Waals surface area contributed by atoms with E-state index in [1.165, 1.54) is 13.8 Å². The van der Waals surface area contributed by atoms with E-state index < -0.39 is 29.1 Å². The highest BCUT2D eigenvalue weighted by atomic mass is 16.5. The monoisotopic (exact) mass is 819 g/mol. The van der Waals surface area contributed by atoms with E-state index in [2.05, 4.69) is 16.0 Å². The summed E-state index contributed by atoms with van der Waals surface area (Å²) in [5.41, 5.74) is -0.118. The van der Waals surface area contributed by atoms with Crippen LogP contribution in [0.5, 0.6) is 0 Å². The van der Waals surface area contributed by atoms with E-state index in [0.29, 0.717) is 6.61 Å². The number of amides is 3. The number of carbonyl (C=O) groups excluding carboxylic acids is 9. The molecule has 0 heterocycles.